The van der Waals surface area contributed by atoms with Crippen LogP contribution in [-0.2, 0) is 0 Å². The molecular formula is C12H7NO3S. The van der Waals surface area contributed by atoms with E-state index in [1.807, 2.05) is 24.3 Å². The lowest BCUT2D eigenvalue weighted by molar-refractivity contribution is 0.0691. The predicted octanol–water partition coefficient (Wildman–Crippen LogP) is 3.25. The molecule has 0 saturated carbocycles. The minimum Gasteiger partial charge on any atom is -0.476 e. The van der Waals surface area contributed by atoms with Crippen molar-refractivity contribution in [1.29, 1.82) is 0 Å². The number of nitrogens with zero attached hydrogens (tertiary/aromatic N) is 1. The number of carboxylic acids is 1. The number of thiazole rings is 1. The van der Waals surface area contributed by atoms with E-state index in [0.29, 0.717) is 5.01 Å². The van der Waals surface area contributed by atoms with Gasteiger partial charge in [-0.1, -0.05) is 18.2 Å². The van der Waals surface area contributed by atoms with Crippen molar-refractivity contribution in [3.8, 4) is 10.6 Å². The highest BCUT2D eigenvalue weighted by Crippen LogP contribution is 2.32. The second kappa shape index (κ2) is 3.71. The lowest BCUT2D eigenvalue weighted by Gasteiger charge is -1.90. The van der Waals surface area contributed by atoms with E-state index < -0.39 is 5.97 Å². The summed E-state index contributed by atoms with van der Waals surface area (Å²) in [5, 5.41) is 12.0. The molecule has 4 nitrogen and oxygen atoms in total. The number of hydrogen-bond acceptors (Lipinski definition) is 4. The fourth-order valence-electron chi connectivity index (χ4n) is 1.64. The SMILES string of the molecule is O=C(O)c1csc(-c2coc3ccccc23)n1. The average Bonchev–Trinajstić information content (AvgIpc) is 2.95. The largest absolute Gasteiger partial charge is 0.476 e. The Morgan fingerprint density at radius 1 is 1.35 bits per heavy atom. The fraction of sp³-hybridized carbons (Fsp3) is 0. The van der Waals surface area contributed by atoms with Crippen molar-refractivity contribution < 1.29 is 14.3 Å². The van der Waals surface area contributed by atoms with Gasteiger partial charge in [-0.2, -0.15) is 0 Å². The second-order valence-corrected chi connectivity index (χ2v) is 4.35. The molecule has 0 amide bonds. The summed E-state index contributed by atoms with van der Waals surface area (Å²) in [6.45, 7) is 0. The lowest BCUT2D eigenvalue weighted by atomic mass is 10.2. The van der Waals surface area contributed by atoms with Crippen LogP contribution in [0.5, 0.6) is 0 Å². The van der Waals surface area contributed by atoms with Crippen LogP contribution in [0.15, 0.2) is 40.3 Å². The maximum atomic E-state index is 10.8. The standard InChI is InChI=1S/C12H7NO3S/c14-12(15)9-6-17-11(13-9)8-5-16-10-4-2-1-3-7(8)10/h1-6H,(H,14,15). The number of carboxylic acid groups (broad SMARTS) is 1. The first kappa shape index (κ1) is 10.0. The number of aromatic nitrogens is 1. The van der Waals surface area contributed by atoms with Gasteiger partial charge in [-0.25, -0.2) is 9.78 Å². The Morgan fingerprint density at radius 3 is 2.94 bits per heavy atom. The Bertz CT molecular complexity index is 698. The van der Waals surface area contributed by atoms with Gasteiger partial charge in [-0.15, -0.1) is 11.3 Å². The highest BCUT2D eigenvalue weighted by Gasteiger charge is 2.14. The maximum absolute atomic E-state index is 10.8. The number of carbonyl (C=O) groups is 1. The van der Waals surface area contributed by atoms with Crippen LogP contribution in [0.4, 0.5) is 0 Å². The monoisotopic (exact) mass is 245 g/mol. The average molecular weight is 245 g/mol. The smallest absolute Gasteiger partial charge is 0.355 e. The number of benzene rings is 1. The quantitative estimate of drug-likeness (QED) is 0.752. The molecule has 0 aliphatic heterocycles. The van der Waals surface area contributed by atoms with Gasteiger partial charge >= 0.3 is 5.97 Å². The van der Waals surface area contributed by atoms with Crippen LogP contribution in [0.2, 0.25) is 0 Å². The minimum atomic E-state index is -1.01. The minimum absolute atomic E-state index is 0.0651. The van der Waals surface area contributed by atoms with E-state index >= 15 is 0 Å². The van der Waals surface area contributed by atoms with Gasteiger partial charge in [0.05, 0.1) is 5.56 Å². The zero-order valence-corrected chi connectivity index (χ0v) is 9.40. The van der Waals surface area contributed by atoms with Crippen molar-refractivity contribution >= 4 is 28.3 Å². The molecule has 0 fully saturated rings. The first-order valence-electron chi connectivity index (χ1n) is 4.91. The summed E-state index contributed by atoms with van der Waals surface area (Å²) in [6, 6.07) is 7.59. The molecule has 0 bridgehead atoms. The summed E-state index contributed by atoms with van der Waals surface area (Å²) in [6.07, 6.45) is 1.61. The van der Waals surface area contributed by atoms with Crippen LogP contribution < -0.4 is 0 Å². The zero-order valence-electron chi connectivity index (χ0n) is 8.58. The van der Waals surface area contributed by atoms with Gasteiger partial charge in [0.25, 0.3) is 0 Å². The molecule has 0 radical (unpaired) electrons. The van der Waals surface area contributed by atoms with E-state index in [0.717, 1.165) is 16.5 Å². The number of aromatic carboxylic acids is 1. The third-order valence-electron chi connectivity index (χ3n) is 2.43. The van der Waals surface area contributed by atoms with Crippen molar-refractivity contribution in [3.63, 3.8) is 0 Å². The molecule has 3 rings (SSSR count). The van der Waals surface area contributed by atoms with Gasteiger partial charge < -0.3 is 9.52 Å². The zero-order chi connectivity index (χ0) is 11.8. The molecule has 1 aromatic carbocycles. The maximum Gasteiger partial charge on any atom is 0.355 e. The third kappa shape index (κ3) is 1.60. The highest BCUT2D eigenvalue weighted by molar-refractivity contribution is 7.13. The molecule has 5 heteroatoms. The van der Waals surface area contributed by atoms with Gasteiger partial charge in [-0.05, 0) is 6.07 Å². The van der Waals surface area contributed by atoms with E-state index in [4.69, 9.17) is 9.52 Å². The molecule has 0 atom stereocenters. The molecule has 84 valence electrons. The summed E-state index contributed by atoms with van der Waals surface area (Å²) >= 11 is 1.30. The Labute approximate surface area is 100 Å². The number of rotatable bonds is 2. The number of hydrogen-bond donors (Lipinski definition) is 1. The molecule has 2 heterocycles. The summed E-state index contributed by atoms with van der Waals surface area (Å²) in [5.41, 5.74) is 1.67. The van der Waals surface area contributed by atoms with Crippen LogP contribution in [0.25, 0.3) is 21.5 Å². The summed E-state index contributed by atoms with van der Waals surface area (Å²) < 4.78 is 5.39. The van der Waals surface area contributed by atoms with Crippen molar-refractivity contribution in [2.75, 3.05) is 0 Å². The molecule has 1 N–H and O–H groups in total. The molecular weight excluding hydrogens is 238 g/mol. The first-order valence-corrected chi connectivity index (χ1v) is 5.79. The highest BCUT2D eigenvalue weighted by atomic mass is 32.1. The Hall–Kier alpha value is -2.14. The van der Waals surface area contributed by atoms with E-state index in [9.17, 15) is 4.79 Å². The van der Waals surface area contributed by atoms with Gasteiger partial charge in [-0.3, -0.25) is 0 Å². The molecule has 2 aromatic heterocycles. The fourth-order valence-corrected chi connectivity index (χ4v) is 2.45. The van der Waals surface area contributed by atoms with Gasteiger partial charge in [0.2, 0.25) is 0 Å². The molecule has 17 heavy (non-hydrogen) atoms. The molecule has 0 unspecified atom stereocenters. The van der Waals surface area contributed by atoms with Crippen molar-refractivity contribution in [2.45, 2.75) is 0 Å². The molecule has 0 saturated heterocycles. The number of furan rings is 1. The van der Waals surface area contributed by atoms with Crippen molar-refractivity contribution in [3.05, 3.63) is 41.6 Å². The summed E-state index contributed by atoms with van der Waals surface area (Å²) in [4.78, 5) is 14.8. The van der Waals surface area contributed by atoms with Crippen LogP contribution >= 0.6 is 11.3 Å². The number of fused-ring (bicyclic) bond motifs is 1. The van der Waals surface area contributed by atoms with Gasteiger partial charge in [0.1, 0.15) is 16.9 Å². The van der Waals surface area contributed by atoms with Gasteiger partial charge in [0, 0.05) is 10.8 Å². The van der Waals surface area contributed by atoms with Gasteiger partial charge in [0.15, 0.2) is 5.69 Å². The molecule has 0 aliphatic rings. The third-order valence-corrected chi connectivity index (χ3v) is 3.31. The Balaban J connectivity index is 2.17. The van der Waals surface area contributed by atoms with Crippen molar-refractivity contribution in [1.82, 2.24) is 4.98 Å². The molecule has 3 aromatic rings. The van der Waals surface area contributed by atoms with E-state index in [1.165, 1.54) is 16.7 Å². The second-order valence-electron chi connectivity index (χ2n) is 3.49. The molecule has 0 spiro atoms. The Kier molecular flexibility index (Phi) is 2.19. The topological polar surface area (TPSA) is 63.3 Å². The van der Waals surface area contributed by atoms with E-state index in [1.54, 1.807) is 6.26 Å². The first-order chi connectivity index (χ1) is 8.25. The van der Waals surface area contributed by atoms with Crippen molar-refractivity contribution in [2.24, 2.45) is 0 Å². The summed E-state index contributed by atoms with van der Waals surface area (Å²) in [5.74, 6) is -1.01. The van der Waals surface area contributed by atoms with Crippen LogP contribution in [0.3, 0.4) is 0 Å². The predicted molar refractivity (Wildman–Crippen MR) is 64.3 cm³/mol. The van der Waals surface area contributed by atoms with Crippen LogP contribution in [-0.4, -0.2) is 16.1 Å². The lowest BCUT2D eigenvalue weighted by Crippen LogP contribution is -1.95. The Morgan fingerprint density at radius 2 is 2.18 bits per heavy atom. The van der Waals surface area contributed by atoms with E-state index in [-0.39, 0.29) is 5.69 Å². The summed E-state index contributed by atoms with van der Waals surface area (Å²) in [7, 11) is 0. The van der Waals surface area contributed by atoms with Crippen LogP contribution in [0.1, 0.15) is 10.5 Å². The van der Waals surface area contributed by atoms with Crippen LogP contribution in [0, 0.1) is 0 Å². The number of para-hydroxylation sites is 1. The molecule has 0 aliphatic carbocycles. The normalized spacial score (nSPS) is 10.8. The van der Waals surface area contributed by atoms with E-state index in [2.05, 4.69) is 4.98 Å².